The molecule has 1 amide bonds. The molecule has 1 aromatic carbocycles. The molecule has 0 aromatic heterocycles. The molecule has 0 radical (unpaired) electrons. The minimum atomic E-state index is -0.927. The molecular weight excluding hydrogens is 359 g/mol. The van der Waals surface area contributed by atoms with Gasteiger partial charge in [-0.05, 0) is 41.1 Å². The summed E-state index contributed by atoms with van der Waals surface area (Å²) in [5.74, 6) is -1.17. The van der Waals surface area contributed by atoms with Crippen LogP contribution in [0, 0.1) is 3.57 Å². The van der Waals surface area contributed by atoms with Crippen LogP contribution in [0.3, 0.4) is 0 Å². The number of carboxylic acid groups (broad SMARTS) is 1. The number of carbonyl (C=O) groups is 2. The number of carboxylic acids is 1. The third kappa shape index (κ3) is 5.56. The predicted molar refractivity (Wildman–Crippen MR) is 82.1 cm³/mol. The van der Waals surface area contributed by atoms with E-state index in [1.807, 2.05) is 25.1 Å². The fraction of sp³-hybridized carbons (Fsp3) is 0.385. The maximum absolute atomic E-state index is 11.7. The Kier molecular flexibility index (Phi) is 6.79. The van der Waals surface area contributed by atoms with E-state index in [1.165, 1.54) is 0 Å². The van der Waals surface area contributed by atoms with E-state index in [-0.39, 0.29) is 12.5 Å². The Morgan fingerprint density at radius 2 is 2.05 bits per heavy atom. The van der Waals surface area contributed by atoms with Gasteiger partial charge >= 0.3 is 5.97 Å². The first-order valence-corrected chi connectivity index (χ1v) is 7.13. The molecule has 5 nitrogen and oxygen atoms in total. The molecule has 1 aromatic rings. The Balaban J connectivity index is 2.47. The van der Waals surface area contributed by atoms with Crippen molar-refractivity contribution in [2.24, 2.45) is 0 Å². The van der Waals surface area contributed by atoms with Crippen LogP contribution in [0.25, 0.3) is 0 Å². The van der Waals surface area contributed by atoms with Crippen molar-refractivity contribution < 1.29 is 14.7 Å². The van der Waals surface area contributed by atoms with Gasteiger partial charge in [-0.25, -0.2) is 0 Å². The Morgan fingerprint density at radius 1 is 1.37 bits per heavy atom. The van der Waals surface area contributed by atoms with E-state index in [0.717, 1.165) is 15.7 Å². The van der Waals surface area contributed by atoms with Gasteiger partial charge in [-0.2, -0.15) is 0 Å². The van der Waals surface area contributed by atoms with Crippen molar-refractivity contribution in [2.45, 2.75) is 25.8 Å². The highest BCUT2D eigenvalue weighted by Gasteiger charge is 2.16. The molecule has 0 heterocycles. The summed E-state index contributed by atoms with van der Waals surface area (Å²) in [4.78, 5) is 22.6. The summed E-state index contributed by atoms with van der Waals surface area (Å²) in [6.45, 7) is 1.89. The molecule has 0 saturated carbocycles. The first-order valence-electron chi connectivity index (χ1n) is 6.05. The molecule has 0 spiro atoms. The van der Waals surface area contributed by atoms with Gasteiger partial charge in [0.15, 0.2) is 0 Å². The maximum atomic E-state index is 11.7. The van der Waals surface area contributed by atoms with Gasteiger partial charge in [0.25, 0.3) is 0 Å². The zero-order valence-corrected chi connectivity index (χ0v) is 12.8. The third-order valence-electron chi connectivity index (χ3n) is 2.53. The summed E-state index contributed by atoms with van der Waals surface area (Å²) in [6, 6.07) is 6.74. The average molecular weight is 376 g/mol. The highest BCUT2D eigenvalue weighted by molar-refractivity contribution is 14.1. The van der Waals surface area contributed by atoms with Crippen molar-refractivity contribution >= 4 is 40.2 Å². The number of halogens is 1. The zero-order valence-electron chi connectivity index (χ0n) is 10.6. The molecule has 19 heavy (non-hydrogen) atoms. The summed E-state index contributed by atoms with van der Waals surface area (Å²) in [7, 11) is 0. The monoisotopic (exact) mass is 376 g/mol. The minimum absolute atomic E-state index is 0.0120. The van der Waals surface area contributed by atoms with Crippen molar-refractivity contribution in [3.8, 4) is 0 Å². The van der Waals surface area contributed by atoms with Gasteiger partial charge in [-0.1, -0.05) is 25.5 Å². The molecule has 3 N–H and O–H groups in total. The number of hydrogen-bond acceptors (Lipinski definition) is 3. The molecule has 1 atom stereocenters. The molecule has 6 heteroatoms. The van der Waals surface area contributed by atoms with Gasteiger partial charge in [0.1, 0.15) is 6.04 Å². The van der Waals surface area contributed by atoms with Gasteiger partial charge in [0.2, 0.25) is 5.91 Å². The van der Waals surface area contributed by atoms with Crippen LogP contribution < -0.4 is 10.6 Å². The van der Waals surface area contributed by atoms with Crippen LogP contribution in [0.5, 0.6) is 0 Å². The van der Waals surface area contributed by atoms with Gasteiger partial charge in [0, 0.05) is 3.57 Å². The largest absolute Gasteiger partial charge is 0.480 e. The fourth-order valence-electron chi connectivity index (χ4n) is 1.57. The van der Waals surface area contributed by atoms with Crippen LogP contribution in [-0.2, 0) is 9.59 Å². The molecule has 0 saturated heterocycles. The lowest BCUT2D eigenvalue weighted by molar-refractivity contribution is -0.139. The van der Waals surface area contributed by atoms with Crippen LogP contribution in [0.2, 0.25) is 0 Å². The number of para-hydroxylation sites is 1. The van der Waals surface area contributed by atoms with E-state index in [2.05, 4.69) is 33.2 Å². The molecule has 0 bridgehead atoms. The van der Waals surface area contributed by atoms with Crippen LogP contribution >= 0.6 is 22.6 Å². The first kappa shape index (κ1) is 15.9. The average Bonchev–Trinajstić information content (AvgIpc) is 2.37. The molecule has 0 aliphatic carbocycles. The molecule has 0 fully saturated rings. The van der Waals surface area contributed by atoms with E-state index in [4.69, 9.17) is 5.11 Å². The van der Waals surface area contributed by atoms with Crippen molar-refractivity contribution in [2.75, 3.05) is 11.9 Å². The molecule has 1 unspecified atom stereocenters. The zero-order chi connectivity index (χ0) is 14.3. The topological polar surface area (TPSA) is 78.4 Å². The second-order valence-corrected chi connectivity index (χ2v) is 5.25. The summed E-state index contributed by atoms with van der Waals surface area (Å²) in [6.07, 6.45) is 1.26. The number of anilines is 1. The summed E-state index contributed by atoms with van der Waals surface area (Å²) < 4.78 is 0.941. The van der Waals surface area contributed by atoms with E-state index in [0.29, 0.717) is 6.42 Å². The normalized spacial score (nSPS) is 11.9. The van der Waals surface area contributed by atoms with E-state index in [1.54, 1.807) is 6.07 Å². The van der Waals surface area contributed by atoms with Crippen molar-refractivity contribution in [1.29, 1.82) is 0 Å². The highest BCUT2D eigenvalue weighted by atomic mass is 127. The minimum Gasteiger partial charge on any atom is -0.480 e. The van der Waals surface area contributed by atoms with E-state index in [9.17, 15) is 9.59 Å². The number of nitrogens with one attached hydrogen (secondary N) is 2. The molecule has 0 aliphatic rings. The lowest BCUT2D eigenvalue weighted by Gasteiger charge is -2.13. The van der Waals surface area contributed by atoms with Gasteiger partial charge in [0.05, 0.1) is 12.2 Å². The Labute approximate surface area is 125 Å². The second kappa shape index (κ2) is 8.11. The van der Waals surface area contributed by atoms with Crippen molar-refractivity contribution in [3.05, 3.63) is 27.8 Å². The van der Waals surface area contributed by atoms with Crippen LogP contribution in [0.1, 0.15) is 19.8 Å². The van der Waals surface area contributed by atoms with Crippen LogP contribution in [0.4, 0.5) is 5.69 Å². The molecule has 104 valence electrons. The first-order chi connectivity index (χ1) is 9.04. The Hall–Kier alpha value is -1.15. The van der Waals surface area contributed by atoms with Crippen LogP contribution in [0.15, 0.2) is 24.3 Å². The molecule has 0 aliphatic heterocycles. The van der Waals surface area contributed by atoms with Crippen molar-refractivity contribution in [1.82, 2.24) is 5.32 Å². The highest BCUT2D eigenvalue weighted by Crippen LogP contribution is 2.16. The Morgan fingerprint density at radius 3 is 2.63 bits per heavy atom. The van der Waals surface area contributed by atoms with Crippen LogP contribution in [-0.4, -0.2) is 29.6 Å². The number of hydrogen-bond donors (Lipinski definition) is 3. The fourth-order valence-corrected chi connectivity index (χ4v) is 2.10. The lowest BCUT2D eigenvalue weighted by atomic mass is 10.2. The number of benzene rings is 1. The number of amides is 1. The quantitative estimate of drug-likeness (QED) is 0.637. The summed E-state index contributed by atoms with van der Waals surface area (Å²) in [5, 5.41) is 14.4. The van der Waals surface area contributed by atoms with Gasteiger partial charge in [-0.15, -0.1) is 0 Å². The smallest absolute Gasteiger partial charge is 0.320 e. The van der Waals surface area contributed by atoms with Gasteiger partial charge in [-0.3, -0.25) is 14.9 Å². The second-order valence-electron chi connectivity index (χ2n) is 4.09. The number of rotatable bonds is 7. The molecule has 1 rings (SSSR count). The lowest BCUT2D eigenvalue weighted by Crippen LogP contribution is -2.41. The number of aliphatic carboxylic acids is 1. The van der Waals surface area contributed by atoms with E-state index >= 15 is 0 Å². The standard InChI is InChI=1S/C13H17IN2O3/c1-2-5-11(13(18)19)15-8-12(17)16-10-7-4-3-6-9(10)14/h3-4,6-7,11,15H,2,5,8H2,1H3,(H,16,17)(H,18,19). The SMILES string of the molecule is CCCC(NCC(=O)Nc1ccccc1I)C(=O)O. The van der Waals surface area contributed by atoms with Gasteiger partial charge < -0.3 is 10.4 Å². The third-order valence-corrected chi connectivity index (χ3v) is 3.47. The predicted octanol–water partition coefficient (Wildman–Crippen LogP) is 2.07. The molecular formula is C13H17IN2O3. The summed E-state index contributed by atoms with van der Waals surface area (Å²) in [5.41, 5.74) is 0.734. The van der Waals surface area contributed by atoms with E-state index < -0.39 is 12.0 Å². The number of carbonyl (C=O) groups excluding carboxylic acids is 1. The summed E-state index contributed by atoms with van der Waals surface area (Å²) >= 11 is 2.13. The van der Waals surface area contributed by atoms with Crippen molar-refractivity contribution in [3.63, 3.8) is 0 Å². The maximum Gasteiger partial charge on any atom is 0.320 e. The Bertz CT molecular complexity index is 451.